The minimum absolute atomic E-state index is 0.0549. The van der Waals surface area contributed by atoms with E-state index in [-0.39, 0.29) is 30.5 Å². The van der Waals surface area contributed by atoms with Gasteiger partial charge >= 0.3 is 6.09 Å². The molecule has 3 aromatic carbocycles. The molecule has 48 heavy (non-hydrogen) atoms. The molecule has 2 amide bonds. The fraction of sp³-hybridized carbons (Fsp3) is 0.359. The summed E-state index contributed by atoms with van der Waals surface area (Å²) in [6, 6.07) is 23.8. The Morgan fingerprint density at radius 3 is 2.40 bits per heavy atom. The van der Waals surface area contributed by atoms with E-state index >= 15 is 0 Å². The Hall–Kier alpha value is -4.89. The van der Waals surface area contributed by atoms with Crippen LogP contribution in [0.3, 0.4) is 0 Å². The lowest BCUT2D eigenvalue weighted by Crippen LogP contribution is -2.60. The molecule has 9 nitrogen and oxygen atoms in total. The SMILES string of the molecule is Cc1ccc([C@@H](NC(=O)Cc2ccc3oc([C@@H](c4c(C)noc4C)N4CC(NC(=O)OC(C)(C)C)C4)cc3c2)c2ccccc2)c(C)c1. The average Bonchev–Trinajstić information content (AvgIpc) is 3.57. The third kappa shape index (κ3) is 7.31. The molecule has 250 valence electrons. The molecule has 1 aliphatic heterocycles. The van der Waals surface area contributed by atoms with Crippen LogP contribution in [0.4, 0.5) is 4.79 Å². The Labute approximate surface area is 281 Å². The van der Waals surface area contributed by atoms with Crippen LogP contribution >= 0.6 is 0 Å². The molecule has 3 heterocycles. The number of ether oxygens (including phenoxy) is 1. The third-order valence-electron chi connectivity index (χ3n) is 8.77. The predicted octanol–water partition coefficient (Wildman–Crippen LogP) is 7.40. The van der Waals surface area contributed by atoms with Crippen molar-refractivity contribution < 1.29 is 23.3 Å². The second-order valence-corrected chi connectivity index (χ2v) is 13.9. The van der Waals surface area contributed by atoms with Crippen LogP contribution in [0, 0.1) is 27.7 Å². The number of furan rings is 1. The number of hydrogen-bond acceptors (Lipinski definition) is 7. The van der Waals surface area contributed by atoms with E-state index in [1.807, 2.05) is 89.2 Å². The summed E-state index contributed by atoms with van der Waals surface area (Å²) in [5, 5.41) is 11.4. The number of rotatable bonds is 9. The van der Waals surface area contributed by atoms with E-state index in [9.17, 15) is 9.59 Å². The number of nitrogens with zero attached hydrogens (tertiary/aromatic N) is 2. The van der Waals surface area contributed by atoms with Gasteiger partial charge in [0.05, 0.1) is 30.2 Å². The van der Waals surface area contributed by atoms with Gasteiger partial charge in [0.2, 0.25) is 5.91 Å². The zero-order chi connectivity index (χ0) is 34.2. The zero-order valence-corrected chi connectivity index (χ0v) is 28.7. The maximum atomic E-state index is 13.5. The van der Waals surface area contributed by atoms with E-state index < -0.39 is 11.7 Å². The van der Waals surface area contributed by atoms with Crippen LogP contribution in [0.25, 0.3) is 11.0 Å². The highest BCUT2D eigenvalue weighted by Gasteiger charge is 2.39. The number of carbonyl (C=O) groups is 2. The van der Waals surface area contributed by atoms with Crippen molar-refractivity contribution in [3.8, 4) is 0 Å². The molecule has 6 rings (SSSR count). The largest absolute Gasteiger partial charge is 0.459 e. The normalized spacial score (nSPS) is 15.1. The number of likely N-dealkylation sites (tertiary alicyclic amines) is 1. The Morgan fingerprint density at radius 1 is 0.979 bits per heavy atom. The lowest BCUT2D eigenvalue weighted by atomic mass is 9.93. The van der Waals surface area contributed by atoms with Crippen molar-refractivity contribution in [3.05, 3.63) is 123 Å². The number of amides is 2. The first kappa shape index (κ1) is 33.0. The Morgan fingerprint density at radius 2 is 1.73 bits per heavy atom. The highest BCUT2D eigenvalue weighted by molar-refractivity contribution is 5.83. The van der Waals surface area contributed by atoms with Crippen LogP contribution < -0.4 is 10.6 Å². The van der Waals surface area contributed by atoms with E-state index in [0.717, 1.165) is 56.0 Å². The van der Waals surface area contributed by atoms with Crippen LogP contribution in [0.1, 0.15) is 83.5 Å². The summed E-state index contributed by atoms with van der Waals surface area (Å²) in [4.78, 5) is 28.2. The monoisotopic (exact) mass is 648 g/mol. The molecule has 2 aromatic heterocycles. The minimum atomic E-state index is -0.565. The molecule has 0 spiro atoms. The van der Waals surface area contributed by atoms with Crippen LogP contribution in [0.5, 0.6) is 0 Å². The molecule has 9 heteroatoms. The zero-order valence-electron chi connectivity index (χ0n) is 28.7. The molecule has 0 saturated carbocycles. The summed E-state index contributed by atoms with van der Waals surface area (Å²) >= 11 is 0. The Balaban J connectivity index is 1.21. The van der Waals surface area contributed by atoms with Crippen molar-refractivity contribution >= 4 is 23.0 Å². The molecule has 0 radical (unpaired) electrons. The lowest BCUT2D eigenvalue weighted by Gasteiger charge is -2.43. The molecule has 1 aliphatic rings. The maximum Gasteiger partial charge on any atom is 0.407 e. The Bertz CT molecular complexity index is 1910. The Kier molecular flexibility index (Phi) is 9.16. The number of benzene rings is 3. The van der Waals surface area contributed by atoms with Crippen molar-refractivity contribution in [3.63, 3.8) is 0 Å². The van der Waals surface area contributed by atoms with Gasteiger partial charge in [-0.3, -0.25) is 9.69 Å². The van der Waals surface area contributed by atoms with Crippen LogP contribution in [-0.2, 0) is 16.0 Å². The van der Waals surface area contributed by atoms with Gasteiger partial charge < -0.3 is 24.3 Å². The van der Waals surface area contributed by atoms with Crippen molar-refractivity contribution in [2.24, 2.45) is 0 Å². The van der Waals surface area contributed by atoms with Gasteiger partial charge in [-0.05, 0) is 88.9 Å². The van der Waals surface area contributed by atoms with E-state index in [1.54, 1.807) is 0 Å². The minimum Gasteiger partial charge on any atom is -0.459 e. The van der Waals surface area contributed by atoms with Crippen molar-refractivity contribution in [2.75, 3.05) is 13.1 Å². The highest BCUT2D eigenvalue weighted by Crippen LogP contribution is 2.38. The summed E-state index contributed by atoms with van der Waals surface area (Å²) in [7, 11) is 0. The number of carbonyl (C=O) groups excluding carboxylic acids is 2. The van der Waals surface area contributed by atoms with Crippen molar-refractivity contribution in [2.45, 2.75) is 78.6 Å². The summed E-state index contributed by atoms with van der Waals surface area (Å²) in [5.74, 6) is 1.40. The molecule has 1 saturated heterocycles. The van der Waals surface area contributed by atoms with Gasteiger partial charge in [-0.15, -0.1) is 0 Å². The van der Waals surface area contributed by atoms with Gasteiger partial charge in [0.1, 0.15) is 22.7 Å². The molecule has 0 aliphatic carbocycles. The van der Waals surface area contributed by atoms with Gasteiger partial charge in [0, 0.05) is 24.0 Å². The fourth-order valence-corrected chi connectivity index (χ4v) is 6.57. The van der Waals surface area contributed by atoms with Gasteiger partial charge in [-0.1, -0.05) is 65.3 Å². The van der Waals surface area contributed by atoms with E-state index in [0.29, 0.717) is 13.1 Å². The smallest absolute Gasteiger partial charge is 0.407 e. The van der Waals surface area contributed by atoms with Gasteiger partial charge in [0.15, 0.2) is 0 Å². The van der Waals surface area contributed by atoms with Crippen molar-refractivity contribution in [1.29, 1.82) is 0 Å². The number of alkyl carbamates (subject to hydrolysis) is 1. The van der Waals surface area contributed by atoms with Gasteiger partial charge in [0.25, 0.3) is 0 Å². The molecular formula is C39H44N4O5. The summed E-state index contributed by atoms with van der Waals surface area (Å²) in [5.41, 5.74) is 7.22. The van der Waals surface area contributed by atoms with Crippen LogP contribution in [-0.4, -0.2) is 46.8 Å². The predicted molar refractivity (Wildman–Crippen MR) is 185 cm³/mol. The van der Waals surface area contributed by atoms with E-state index in [4.69, 9.17) is 13.7 Å². The molecule has 2 atom stereocenters. The third-order valence-corrected chi connectivity index (χ3v) is 8.77. The van der Waals surface area contributed by atoms with Gasteiger partial charge in [-0.2, -0.15) is 0 Å². The molecule has 0 bridgehead atoms. The second-order valence-electron chi connectivity index (χ2n) is 13.9. The number of nitrogens with one attached hydrogen (secondary N) is 2. The molecule has 5 aromatic rings. The maximum absolute atomic E-state index is 13.5. The molecular weight excluding hydrogens is 604 g/mol. The molecule has 1 fully saturated rings. The fourth-order valence-electron chi connectivity index (χ4n) is 6.57. The molecule has 2 N–H and O–H groups in total. The highest BCUT2D eigenvalue weighted by atomic mass is 16.6. The van der Waals surface area contributed by atoms with Crippen LogP contribution in [0.2, 0.25) is 0 Å². The standard InChI is InChI=1S/C39H44N4O5/c1-23-13-15-31(24(2)17-23)36(28-11-9-8-10-12-28)41-34(44)19-27-14-16-32-29(18-27)20-33(46-32)37(35-25(3)42-48-26(35)4)43-21-30(22-43)40-38(45)47-39(5,6)7/h8-18,20,30,36-37H,19,21-22H2,1-7H3,(H,40,45)(H,41,44)/t36-,37-/m0/s1. The van der Waals surface area contributed by atoms with Crippen molar-refractivity contribution in [1.82, 2.24) is 20.7 Å². The quantitative estimate of drug-likeness (QED) is 0.171. The summed E-state index contributed by atoms with van der Waals surface area (Å²) < 4.78 is 17.4. The van der Waals surface area contributed by atoms with E-state index in [2.05, 4.69) is 52.7 Å². The van der Waals surface area contributed by atoms with E-state index in [1.165, 1.54) is 5.56 Å². The number of fused-ring (bicyclic) bond motifs is 1. The number of aromatic nitrogens is 1. The average molecular weight is 649 g/mol. The summed E-state index contributed by atoms with van der Waals surface area (Å²) in [6.07, 6.45) is -0.201. The number of aryl methyl sites for hydroxylation is 4. The van der Waals surface area contributed by atoms with Gasteiger partial charge in [-0.25, -0.2) is 4.79 Å². The first-order valence-electron chi connectivity index (χ1n) is 16.4. The first-order valence-corrected chi connectivity index (χ1v) is 16.4. The summed E-state index contributed by atoms with van der Waals surface area (Å²) in [6.45, 7) is 14.8. The number of hydrogen-bond donors (Lipinski definition) is 2. The first-order chi connectivity index (χ1) is 22.8. The lowest BCUT2D eigenvalue weighted by molar-refractivity contribution is -0.120. The second kappa shape index (κ2) is 13.3. The van der Waals surface area contributed by atoms with Crippen LogP contribution in [0.15, 0.2) is 81.7 Å². The topological polar surface area (TPSA) is 110 Å². The molecule has 0 unspecified atom stereocenters.